The number of hydrogen-bond donors (Lipinski definition) is 1. The van der Waals surface area contributed by atoms with E-state index in [-0.39, 0.29) is 5.91 Å². The third kappa shape index (κ3) is 4.37. The van der Waals surface area contributed by atoms with Crippen LogP contribution in [0.15, 0.2) is 47.4 Å². The van der Waals surface area contributed by atoms with Crippen molar-refractivity contribution in [2.24, 2.45) is 0 Å². The van der Waals surface area contributed by atoms with Crippen LogP contribution in [0.3, 0.4) is 0 Å². The Labute approximate surface area is 129 Å². The number of anilines is 1. The summed E-state index contributed by atoms with van der Waals surface area (Å²) in [6, 6.07) is 15.2. The molecule has 0 saturated heterocycles. The Bertz CT molecular complexity index is 704. The molecule has 0 aliphatic carbocycles. The molecule has 1 amide bonds. The van der Waals surface area contributed by atoms with E-state index in [0.29, 0.717) is 17.0 Å². The van der Waals surface area contributed by atoms with E-state index in [9.17, 15) is 4.79 Å². The summed E-state index contributed by atoms with van der Waals surface area (Å²) in [5, 5.41) is 11.6. The number of hydrogen-bond acceptors (Lipinski definition) is 3. The average Bonchev–Trinajstić information content (AvgIpc) is 2.46. The molecule has 0 fully saturated rings. The predicted octanol–water partition coefficient (Wildman–Crippen LogP) is 3.91. The molecule has 0 aliphatic heterocycles. The predicted molar refractivity (Wildman–Crippen MR) is 86.4 cm³/mol. The van der Waals surface area contributed by atoms with Gasteiger partial charge in [-0.2, -0.15) is 5.26 Å². The van der Waals surface area contributed by atoms with Gasteiger partial charge in [-0.05, 0) is 43.7 Å². The quantitative estimate of drug-likeness (QED) is 0.870. The van der Waals surface area contributed by atoms with Crippen molar-refractivity contribution in [2.45, 2.75) is 18.7 Å². The number of carbonyl (C=O) groups is 1. The van der Waals surface area contributed by atoms with Gasteiger partial charge in [-0.3, -0.25) is 4.79 Å². The zero-order valence-corrected chi connectivity index (χ0v) is 12.8. The van der Waals surface area contributed by atoms with Gasteiger partial charge in [0, 0.05) is 10.6 Å². The Morgan fingerprint density at radius 1 is 1.24 bits per heavy atom. The van der Waals surface area contributed by atoms with Gasteiger partial charge in [0.25, 0.3) is 0 Å². The fourth-order valence-corrected chi connectivity index (χ4v) is 2.78. The first-order chi connectivity index (χ1) is 10.1. The lowest BCUT2D eigenvalue weighted by Crippen LogP contribution is -2.14. The lowest BCUT2D eigenvalue weighted by Gasteiger charge is -2.08. The molecular formula is C17H16N2OS. The zero-order valence-electron chi connectivity index (χ0n) is 12.0. The molecule has 21 heavy (non-hydrogen) atoms. The van der Waals surface area contributed by atoms with Crippen molar-refractivity contribution in [3.8, 4) is 6.07 Å². The van der Waals surface area contributed by atoms with Crippen LogP contribution in [-0.4, -0.2) is 11.7 Å². The van der Waals surface area contributed by atoms with Crippen LogP contribution in [0.25, 0.3) is 0 Å². The highest BCUT2D eigenvalue weighted by atomic mass is 32.2. The van der Waals surface area contributed by atoms with Crippen LogP contribution < -0.4 is 5.32 Å². The SMILES string of the molecule is Cc1ccc(SCC(=O)Nc2cccc(C#N)c2)c(C)c1. The van der Waals surface area contributed by atoms with Crippen molar-refractivity contribution in [2.75, 3.05) is 11.1 Å². The van der Waals surface area contributed by atoms with Crippen LogP contribution in [0.1, 0.15) is 16.7 Å². The summed E-state index contributed by atoms with van der Waals surface area (Å²) in [5.41, 5.74) is 3.59. The van der Waals surface area contributed by atoms with Crippen LogP contribution in [0, 0.1) is 25.2 Å². The molecule has 0 atom stereocenters. The topological polar surface area (TPSA) is 52.9 Å². The van der Waals surface area contributed by atoms with E-state index in [0.717, 1.165) is 4.90 Å². The highest BCUT2D eigenvalue weighted by molar-refractivity contribution is 8.00. The summed E-state index contributed by atoms with van der Waals surface area (Å²) in [6.45, 7) is 4.10. The lowest BCUT2D eigenvalue weighted by molar-refractivity contribution is -0.113. The third-order valence-electron chi connectivity index (χ3n) is 2.96. The van der Waals surface area contributed by atoms with Gasteiger partial charge in [0.15, 0.2) is 0 Å². The number of carbonyl (C=O) groups excluding carboxylic acids is 1. The van der Waals surface area contributed by atoms with E-state index in [1.165, 1.54) is 22.9 Å². The van der Waals surface area contributed by atoms with Gasteiger partial charge in [0.05, 0.1) is 17.4 Å². The fourth-order valence-electron chi connectivity index (χ4n) is 1.97. The molecule has 0 spiro atoms. The third-order valence-corrected chi connectivity index (χ3v) is 4.14. The number of thioether (sulfide) groups is 1. The minimum Gasteiger partial charge on any atom is -0.325 e. The van der Waals surface area contributed by atoms with Crippen molar-refractivity contribution in [1.29, 1.82) is 5.26 Å². The first-order valence-electron chi connectivity index (χ1n) is 6.58. The molecule has 2 rings (SSSR count). The molecule has 106 valence electrons. The summed E-state index contributed by atoms with van der Waals surface area (Å²) >= 11 is 1.52. The second-order valence-corrected chi connectivity index (χ2v) is 5.82. The van der Waals surface area contributed by atoms with Crippen LogP contribution in [0.2, 0.25) is 0 Å². The first-order valence-corrected chi connectivity index (χ1v) is 7.57. The summed E-state index contributed by atoms with van der Waals surface area (Å²) in [7, 11) is 0. The number of nitriles is 1. The zero-order chi connectivity index (χ0) is 15.2. The van der Waals surface area contributed by atoms with Crippen LogP contribution in [0.5, 0.6) is 0 Å². The highest BCUT2D eigenvalue weighted by Crippen LogP contribution is 2.23. The van der Waals surface area contributed by atoms with E-state index >= 15 is 0 Å². The van der Waals surface area contributed by atoms with Gasteiger partial charge < -0.3 is 5.32 Å². The number of rotatable bonds is 4. The maximum Gasteiger partial charge on any atom is 0.234 e. The monoisotopic (exact) mass is 296 g/mol. The molecule has 2 aromatic carbocycles. The minimum absolute atomic E-state index is 0.0740. The number of nitrogens with zero attached hydrogens (tertiary/aromatic N) is 1. The van der Waals surface area contributed by atoms with Crippen molar-refractivity contribution in [3.63, 3.8) is 0 Å². The summed E-state index contributed by atoms with van der Waals surface area (Å²) < 4.78 is 0. The van der Waals surface area contributed by atoms with Crippen molar-refractivity contribution in [1.82, 2.24) is 0 Å². The van der Waals surface area contributed by atoms with E-state index < -0.39 is 0 Å². The Balaban J connectivity index is 1.94. The highest BCUT2D eigenvalue weighted by Gasteiger charge is 2.06. The van der Waals surface area contributed by atoms with E-state index in [2.05, 4.69) is 24.4 Å². The minimum atomic E-state index is -0.0740. The number of amides is 1. The normalized spacial score (nSPS) is 9.95. The summed E-state index contributed by atoms with van der Waals surface area (Å²) in [6.07, 6.45) is 0. The molecule has 0 unspecified atom stereocenters. The Hall–Kier alpha value is -2.25. The molecule has 4 heteroatoms. The smallest absolute Gasteiger partial charge is 0.234 e. The summed E-state index contributed by atoms with van der Waals surface area (Å²) in [4.78, 5) is 13.1. The molecule has 2 aromatic rings. The van der Waals surface area contributed by atoms with Gasteiger partial charge in [-0.15, -0.1) is 11.8 Å². The van der Waals surface area contributed by atoms with Gasteiger partial charge in [-0.25, -0.2) is 0 Å². The Morgan fingerprint density at radius 2 is 2.05 bits per heavy atom. The number of aryl methyl sites for hydroxylation is 2. The molecular weight excluding hydrogens is 280 g/mol. The average molecular weight is 296 g/mol. The fraction of sp³-hybridized carbons (Fsp3) is 0.176. The lowest BCUT2D eigenvalue weighted by atomic mass is 10.2. The van der Waals surface area contributed by atoms with Crippen molar-refractivity contribution >= 4 is 23.4 Å². The van der Waals surface area contributed by atoms with Crippen LogP contribution in [0.4, 0.5) is 5.69 Å². The molecule has 1 N–H and O–H groups in total. The molecule has 0 radical (unpaired) electrons. The van der Waals surface area contributed by atoms with Gasteiger partial charge >= 0.3 is 0 Å². The van der Waals surface area contributed by atoms with E-state index in [1.807, 2.05) is 19.1 Å². The summed E-state index contributed by atoms with van der Waals surface area (Å²) in [5.74, 6) is 0.274. The maximum absolute atomic E-state index is 11.9. The maximum atomic E-state index is 11.9. The van der Waals surface area contributed by atoms with Crippen LogP contribution >= 0.6 is 11.8 Å². The number of benzene rings is 2. The molecule has 0 aromatic heterocycles. The standard InChI is InChI=1S/C17H16N2OS/c1-12-6-7-16(13(2)8-12)21-11-17(20)19-15-5-3-4-14(9-15)10-18/h3-9H,11H2,1-2H3,(H,19,20). The van der Waals surface area contributed by atoms with Crippen molar-refractivity contribution < 1.29 is 4.79 Å². The van der Waals surface area contributed by atoms with E-state index in [1.54, 1.807) is 24.3 Å². The van der Waals surface area contributed by atoms with Gasteiger partial charge in [0.1, 0.15) is 0 Å². The molecule has 0 heterocycles. The number of nitrogens with one attached hydrogen (secondary N) is 1. The molecule has 0 saturated carbocycles. The second kappa shape index (κ2) is 6.96. The Kier molecular flexibility index (Phi) is 5.02. The molecule has 0 aliphatic rings. The Morgan fingerprint density at radius 3 is 2.76 bits per heavy atom. The van der Waals surface area contributed by atoms with E-state index in [4.69, 9.17) is 5.26 Å². The molecule has 3 nitrogen and oxygen atoms in total. The largest absolute Gasteiger partial charge is 0.325 e. The van der Waals surface area contributed by atoms with Gasteiger partial charge in [0.2, 0.25) is 5.91 Å². The second-order valence-electron chi connectivity index (χ2n) is 4.80. The van der Waals surface area contributed by atoms with Crippen LogP contribution in [-0.2, 0) is 4.79 Å². The van der Waals surface area contributed by atoms with Gasteiger partial charge in [-0.1, -0.05) is 23.8 Å². The van der Waals surface area contributed by atoms with Crippen molar-refractivity contribution in [3.05, 3.63) is 59.2 Å². The first kappa shape index (κ1) is 15.1. The molecule has 0 bridgehead atoms.